The number of hydrogen-bond acceptors (Lipinski definition) is 3. The Morgan fingerprint density at radius 3 is 2.65 bits per heavy atom. The standard InChI is InChI=1S/C12H18N2O2S/c1-10-3-4-12(9-11(10)2)14-7-5-13-6-8-17(14,15)16/h3-4,9,13H,5-8H2,1-2H3. The molecule has 1 N–H and O–H groups in total. The first-order valence-electron chi connectivity index (χ1n) is 5.79. The highest BCUT2D eigenvalue weighted by Gasteiger charge is 2.24. The van der Waals surface area contributed by atoms with E-state index in [4.69, 9.17) is 0 Å². The lowest BCUT2D eigenvalue weighted by Gasteiger charge is -2.22. The lowest BCUT2D eigenvalue weighted by atomic mass is 10.1. The molecule has 0 bridgehead atoms. The van der Waals surface area contributed by atoms with Crippen LogP contribution in [0.2, 0.25) is 0 Å². The SMILES string of the molecule is Cc1ccc(N2CCNCCS2(=O)=O)cc1C. The third-order valence-corrected chi connectivity index (χ3v) is 4.93. The molecule has 1 heterocycles. The molecular formula is C12H18N2O2S. The summed E-state index contributed by atoms with van der Waals surface area (Å²) in [5.41, 5.74) is 3.07. The van der Waals surface area contributed by atoms with Gasteiger partial charge < -0.3 is 5.32 Å². The predicted molar refractivity (Wildman–Crippen MR) is 69.9 cm³/mol. The van der Waals surface area contributed by atoms with E-state index in [1.165, 1.54) is 9.87 Å². The first-order valence-corrected chi connectivity index (χ1v) is 7.40. The topological polar surface area (TPSA) is 49.4 Å². The zero-order valence-electron chi connectivity index (χ0n) is 10.2. The van der Waals surface area contributed by atoms with Gasteiger partial charge in [-0.25, -0.2) is 8.42 Å². The van der Waals surface area contributed by atoms with Crippen molar-refractivity contribution < 1.29 is 8.42 Å². The van der Waals surface area contributed by atoms with E-state index in [9.17, 15) is 8.42 Å². The monoisotopic (exact) mass is 254 g/mol. The molecule has 1 saturated heterocycles. The summed E-state index contributed by atoms with van der Waals surface area (Å²) in [5.74, 6) is 0.167. The van der Waals surface area contributed by atoms with Crippen LogP contribution in [-0.4, -0.2) is 33.8 Å². The Morgan fingerprint density at radius 1 is 1.18 bits per heavy atom. The molecule has 5 heteroatoms. The summed E-state index contributed by atoms with van der Waals surface area (Å²) in [4.78, 5) is 0. The van der Waals surface area contributed by atoms with E-state index in [1.54, 1.807) is 0 Å². The largest absolute Gasteiger partial charge is 0.314 e. The van der Waals surface area contributed by atoms with Gasteiger partial charge in [0.1, 0.15) is 0 Å². The molecule has 0 atom stereocenters. The summed E-state index contributed by atoms with van der Waals surface area (Å²) in [6.07, 6.45) is 0. The fourth-order valence-corrected chi connectivity index (χ4v) is 3.35. The molecular weight excluding hydrogens is 236 g/mol. The van der Waals surface area contributed by atoms with Gasteiger partial charge in [-0.15, -0.1) is 0 Å². The fourth-order valence-electron chi connectivity index (χ4n) is 1.93. The molecule has 0 saturated carbocycles. The van der Waals surface area contributed by atoms with Crippen molar-refractivity contribution in [2.45, 2.75) is 13.8 Å². The molecule has 17 heavy (non-hydrogen) atoms. The highest BCUT2D eigenvalue weighted by molar-refractivity contribution is 7.92. The van der Waals surface area contributed by atoms with E-state index >= 15 is 0 Å². The van der Waals surface area contributed by atoms with E-state index in [1.807, 2.05) is 32.0 Å². The maximum absolute atomic E-state index is 12.1. The van der Waals surface area contributed by atoms with Crippen LogP contribution in [0.3, 0.4) is 0 Å². The lowest BCUT2D eigenvalue weighted by Crippen LogP contribution is -2.33. The lowest BCUT2D eigenvalue weighted by molar-refractivity contribution is 0.594. The molecule has 0 unspecified atom stereocenters. The third-order valence-electron chi connectivity index (χ3n) is 3.14. The summed E-state index contributed by atoms with van der Waals surface area (Å²) in [6, 6.07) is 5.79. The van der Waals surface area contributed by atoms with Gasteiger partial charge in [-0.05, 0) is 37.1 Å². The van der Waals surface area contributed by atoms with Gasteiger partial charge in [0.2, 0.25) is 10.0 Å². The van der Waals surface area contributed by atoms with Crippen molar-refractivity contribution in [3.05, 3.63) is 29.3 Å². The van der Waals surface area contributed by atoms with Crippen LogP contribution in [0.25, 0.3) is 0 Å². The third kappa shape index (κ3) is 2.61. The zero-order valence-corrected chi connectivity index (χ0v) is 11.0. The van der Waals surface area contributed by atoms with Gasteiger partial charge in [0.15, 0.2) is 0 Å². The zero-order chi connectivity index (χ0) is 12.5. The minimum Gasteiger partial charge on any atom is -0.314 e. The fraction of sp³-hybridized carbons (Fsp3) is 0.500. The van der Waals surface area contributed by atoms with Gasteiger partial charge in [0.05, 0.1) is 11.4 Å². The molecule has 1 aliphatic rings. The summed E-state index contributed by atoms with van der Waals surface area (Å²) in [7, 11) is -3.17. The summed E-state index contributed by atoms with van der Waals surface area (Å²) >= 11 is 0. The Bertz CT molecular complexity index is 511. The van der Waals surface area contributed by atoms with E-state index in [2.05, 4.69) is 5.32 Å². The number of anilines is 1. The number of rotatable bonds is 1. The molecule has 1 fully saturated rings. The smallest absolute Gasteiger partial charge is 0.236 e. The van der Waals surface area contributed by atoms with E-state index in [-0.39, 0.29) is 5.75 Å². The molecule has 4 nitrogen and oxygen atoms in total. The van der Waals surface area contributed by atoms with Crippen LogP contribution < -0.4 is 9.62 Å². The van der Waals surface area contributed by atoms with Crippen LogP contribution >= 0.6 is 0 Å². The Kier molecular flexibility index (Phi) is 3.40. The number of sulfonamides is 1. The molecule has 1 aromatic carbocycles. The van der Waals surface area contributed by atoms with Gasteiger partial charge >= 0.3 is 0 Å². The maximum Gasteiger partial charge on any atom is 0.236 e. The van der Waals surface area contributed by atoms with Crippen LogP contribution in [0.4, 0.5) is 5.69 Å². The number of aryl methyl sites for hydroxylation is 2. The van der Waals surface area contributed by atoms with Gasteiger partial charge in [0.25, 0.3) is 0 Å². The van der Waals surface area contributed by atoms with Crippen molar-refractivity contribution in [3.63, 3.8) is 0 Å². The molecule has 0 radical (unpaired) electrons. The second-order valence-corrected chi connectivity index (χ2v) is 6.42. The van der Waals surface area contributed by atoms with Crippen LogP contribution in [0, 0.1) is 13.8 Å². The van der Waals surface area contributed by atoms with E-state index in [0.717, 1.165) is 11.3 Å². The molecule has 94 valence electrons. The first kappa shape index (κ1) is 12.4. The minimum absolute atomic E-state index is 0.167. The molecule has 0 aliphatic carbocycles. The van der Waals surface area contributed by atoms with Gasteiger partial charge in [-0.3, -0.25) is 4.31 Å². The minimum atomic E-state index is -3.17. The molecule has 1 aromatic rings. The van der Waals surface area contributed by atoms with Gasteiger partial charge in [-0.1, -0.05) is 6.07 Å². The molecule has 0 amide bonds. The Balaban J connectivity index is 2.39. The summed E-state index contributed by atoms with van der Waals surface area (Å²) < 4.78 is 25.7. The Labute approximate surface area is 103 Å². The van der Waals surface area contributed by atoms with Crippen LogP contribution in [-0.2, 0) is 10.0 Å². The van der Waals surface area contributed by atoms with Crippen molar-refractivity contribution in [2.75, 3.05) is 29.7 Å². The predicted octanol–water partition coefficient (Wildman–Crippen LogP) is 1.04. The van der Waals surface area contributed by atoms with E-state index < -0.39 is 10.0 Å². The highest BCUT2D eigenvalue weighted by Crippen LogP contribution is 2.22. The second kappa shape index (κ2) is 4.66. The molecule has 1 aliphatic heterocycles. The Hall–Kier alpha value is -1.07. The van der Waals surface area contributed by atoms with E-state index in [0.29, 0.717) is 19.6 Å². The Morgan fingerprint density at radius 2 is 1.94 bits per heavy atom. The first-order chi connectivity index (χ1) is 8.00. The van der Waals surface area contributed by atoms with Crippen LogP contribution in [0.15, 0.2) is 18.2 Å². The van der Waals surface area contributed by atoms with Crippen molar-refractivity contribution in [1.29, 1.82) is 0 Å². The van der Waals surface area contributed by atoms with Crippen LogP contribution in [0.5, 0.6) is 0 Å². The highest BCUT2D eigenvalue weighted by atomic mass is 32.2. The van der Waals surface area contributed by atoms with Crippen molar-refractivity contribution >= 4 is 15.7 Å². The number of nitrogens with zero attached hydrogens (tertiary/aromatic N) is 1. The maximum atomic E-state index is 12.1. The average Bonchev–Trinajstić information content (AvgIpc) is 2.43. The molecule has 0 spiro atoms. The number of nitrogens with one attached hydrogen (secondary N) is 1. The summed E-state index contributed by atoms with van der Waals surface area (Å²) in [6.45, 7) is 5.76. The number of benzene rings is 1. The van der Waals surface area contributed by atoms with Crippen molar-refractivity contribution in [3.8, 4) is 0 Å². The quantitative estimate of drug-likeness (QED) is 0.815. The molecule has 0 aromatic heterocycles. The van der Waals surface area contributed by atoms with Gasteiger partial charge in [-0.2, -0.15) is 0 Å². The van der Waals surface area contributed by atoms with Crippen LogP contribution in [0.1, 0.15) is 11.1 Å². The molecule has 2 rings (SSSR count). The normalized spacial score (nSPS) is 20.0. The van der Waals surface area contributed by atoms with Gasteiger partial charge in [0, 0.05) is 19.6 Å². The van der Waals surface area contributed by atoms with Crippen molar-refractivity contribution in [1.82, 2.24) is 5.32 Å². The summed E-state index contributed by atoms with van der Waals surface area (Å²) in [5, 5.41) is 3.11. The number of hydrogen-bond donors (Lipinski definition) is 1. The second-order valence-electron chi connectivity index (χ2n) is 4.41. The van der Waals surface area contributed by atoms with Crippen molar-refractivity contribution in [2.24, 2.45) is 0 Å². The average molecular weight is 254 g/mol.